The Morgan fingerprint density at radius 3 is 2.45 bits per heavy atom. The second-order valence-electron chi connectivity index (χ2n) is 2.96. The zero-order valence-electron chi connectivity index (χ0n) is 7.90. The van der Waals surface area contributed by atoms with Gasteiger partial charge in [0.1, 0.15) is 0 Å². The quantitative estimate of drug-likeness (QED) is 0.503. The van der Waals surface area contributed by atoms with E-state index < -0.39 is 0 Å². The van der Waals surface area contributed by atoms with Crippen molar-refractivity contribution in [3.8, 4) is 0 Å². The average molecular weight is 152 g/mol. The molecule has 0 unspecified atom stereocenters. The van der Waals surface area contributed by atoms with Gasteiger partial charge in [0, 0.05) is 0 Å². The van der Waals surface area contributed by atoms with Gasteiger partial charge in [-0.3, -0.25) is 0 Å². The van der Waals surface area contributed by atoms with Gasteiger partial charge >= 0.3 is 0 Å². The van der Waals surface area contributed by atoms with E-state index in [1.54, 1.807) is 0 Å². The molecular weight excluding hydrogens is 132 g/mol. The molecule has 0 fully saturated rings. The molecule has 0 N–H and O–H groups in total. The van der Waals surface area contributed by atoms with Gasteiger partial charge in [-0.25, -0.2) is 0 Å². The molecule has 0 saturated heterocycles. The summed E-state index contributed by atoms with van der Waals surface area (Å²) in [5.74, 6) is 0. The van der Waals surface area contributed by atoms with E-state index in [2.05, 4.69) is 32.6 Å². The van der Waals surface area contributed by atoms with Gasteiger partial charge in [-0.05, 0) is 19.3 Å². The lowest BCUT2D eigenvalue weighted by molar-refractivity contribution is 0.880. The predicted octanol–water partition coefficient (Wildman–Crippen LogP) is 4.09. The van der Waals surface area contributed by atoms with Gasteiger partial charge in [0.25, 0.3) is 0 Å². The van der Waals surface area contributed by atoms with E-state index in [0.29, 0.717) is 0 Å². The third-order valence-corrected chi connectivity index (χ3v) is 1.63. The maximum Gasteiger partial charge on any atom is -0.0142 e. The minimum atomic E-state index is 1.08. The summed E-state index contributed by atoms with van der Waals surface area (Å²) in [6, 6.07) is 0. The molecule has 0 amide bonds. The minimum Gasteiger partial charge on any atom is -0.0995 e. The predicted molar refractivity (Wildman–Crippen MR) is 52.7 cm³/mol. The number of unbranched alkanes of at least 4 members (excludes halogenated alkanes) is 1. The summed E-state index contributed by atoms with van der Waals surface area (Å²) in [5, 5.41) is 0. The van der Waals surface area contributed by atoms with Gasteiger partial charge in [0.2, 0.25) is 0 Å². The fourth-order valence-corrected chi connectivity index (χ4v) is 0.990. The van der Waals surface area contributed by atoms with Crippen molar-refractivity contribution in [3.05, 3.63) is 24.3 Å². The summed E-state index contributed by atoms with van der Waals surface area (Å²) < 4.78 is 0. The van der Waals surface area contributed by atoms with Gasteiger partial charge in [0.15, 0.2) is 0 Å². The molecule has 0 saturated carbocycles. The highest BCUT2D eigenvalue weighted by atomic mass is 13.9. The van der Waals surface area contributed by atoms with Gasteiger partial charge in [0.05, 0.1) is 0 Å². The van der Waals surface area contributed by atoms with E-state index in [1.165, 1.54) is 31.3 Å². The van der Waals surface area contributed by atoms with Crippen molar-refractivity contribution < 1.29 is 0 Å². The van der Waals surface area contributed by atoms with Crippen molar-refractivity contribution in [1.29, 1.82) is 0 Å². The van der Waals surface area contributed by atoms with Crippen molar-refractivity contribution in [3.63, 3.8) is 0 Å². The topological polar surface area (TPSA) is 0 Å². The minimum absolute atomic E-state index is 1.08. The summed E-state index contributed by atoms with van der Waals surface area (Å²) in [4.78, 5) is 0. The molecule has 0 aromatic heterocycles. The van der Waals surface area contributed by atoms with E-state index in [9.17, 15) is 0 Å². The Kier molecular flexibility index (Phi) is 7.23. The van der Waals surface area contributed by atoms with Crippen LogP contribution in [0.2, 0.25) is 0 Å². The monoisotopic (exact) mass is 152 g/mol. The number of hydrogen-bond donors (Lipinski definition) is 0. The lowest BCUT2D eigenvalue weighted by Crippen LogP contribution is -1.76. The van der Waals surface area contributed by atoms with Crippen molar-refractivity contribution in [1.82, 2.24) is 0 Å². The lowest BCUT2D eigenvalue weighted by atomic mass is 10.1. The Morgan fingerprint density at radius 1 is 1.18 bits per heavy atom. The summed E-state index contributed by atoms with van der Waals surface area (Å²) in [7, 11) is 0. The third-order valence-electron chi connectivity index (χ3n) is 1.63. The number of allylic oxidation sites excluding steroid dienone is 3. The highest BCUT2D eigenvalue weighted by Gasteiger charge is 1.87. The molecule has 0 heteroatoms. The molecule has 0 rings (SSSR count). The van der Waals surface area contributed by atoms with Crippen LogP contribution < -0.4 is 0 Å². The molecule has 0 aliphatic carbocycles. The summed E-state index contributed by atoms with van der Waals surface area (Å²) >= 11 is 0. The first-order chi connectivity index (χ1) is 5.31. The Bertz CT molecular complexity index is 120. The van der Waals surface area contributed by atoms with Gasteiger partial charge in [-0.1, -0.05) is 51.0 Å². The van der Waals surface area contributed by atoms with Crippen LogP contribution in [0.5, 0.6) is 0 Å². The van der Waals surface area contributed by atoms with Crippen LogP contribution in [0, 0.1) is 0 Å². The maximum atomic E-state index is 3.99. The van der Waals surface area contributed by atoms with Crippen LogP contribution in [0.1, 0.15) is 46.0 Å². The average Bonchev–Trinajstić information content (AvgIpc) is 1.99. The SMILES string of the molecule is C=C(C/C=C\CCC)CCC. The van der Waals surface area contributed by atoms with E-state index >= 15 is 0 Å². The molecule has 0 radical (unpaired) electrons. The fourth-order valence-electron chi connectivity index (χ4n) is 0.990. The molecule has 0 aromatic carbocycles. The van der Waals surface area contributed by atoms with Crippen LogP contribution in [0.15, 0.2) is 24.3 Å². The molecule has 0 bridgehead atoms. The highest BCUT2D eigenvalue weighted by molar-refractivity contribution is 5.01. The Morgan fingerprint density at radius 2 is 1.91 bits per heavy atom. The summed E-state index contributed by atoms with van der Waals surface area (Å²) in [6.07, 6.45) is 10.4. The van der Waals surface area contributed by atoms with Crippen LogP contribution >= 0.6 is 0 Å². The lowest BCUT2D eigenvalue weighted by Gasteiger charge is -1.97. The van der Waals surface area contributed by atoms with E-state index in [0.717, 1.165) is 6.42 Å². The van der Waals surface area contributed by atoms with Gasteiger partial charge in [-0.2, -0.15) is 0 Å². The van der Waals surface area contributed by atoms with Crippen molar-refractivity contribution in [2.24, 2.45) is 0 Å². The smallest absolute Gasteiger partial charge is 0.0142 e. The fraction of sp³-hybridized carbons (Fsp3) is 0.636. The van der Waals surface area contributed by atoms with Crippen LogP contribution in [-0.2, 0) is 0 Å². The molecular formula is C11H20. The van der Waals surface area contributed by atoms with Crippen molar-refractivity contribution in [2.75, 3.05) is 0 Å². The maximum absolute atomic E-state index is 3.99. The Balaban J connectivity index is 3.29. The number of rotatable bonds is 6. The van der Waals surface area contributed by atoms with E-state index in [-0.39, 0.29) is 0 Å². The molecule has 0 spiro atoms. The molecule has 0 aliphatic rings. The van der Waals surface area contributed by atoms with Crippen LogP contribution in [0.4, 0.5) is 0 Å². The molecule has 0 heterocycles. The number of hydrogen-bond acceptors (Lipinski definition) is 0. The summed E-state index contributed by atoms with van der Waals surface area (Å²) in [5.41, 5.74) is 1.36. The van der Waals surface area contributed by atoms with Crippen LogP contribution in [0.25, 0.3) is 0 Å². The first kappa shape index (κ1) is 10.5. The first-order valence-corrected chi connectivity index (χ1v) is 4.62. The third kappa shape index (κ3) is 7.38. The molecule has 11 heavy (non-hydrogen) atoms. The van der Waals surface area contributed by atoms with Crippen molar-refractivity contribution >= 4 is 0 Å². The summed E-state index contributed by atoms with van der Waals surface area (Å²) in [6.45, 7) is 8.39. The van der Waals surface area contributed by atoms with Gasteiger partial charge < -0.3 is 0 Å². The second-order valence-corrected chi connectivity index (χ2v) is 2.96. The largest absolute Gasteiger partial charge is 0.0995 e. The van der Waals surface area contributed by atoms with Crippen molar-refractivity contribution in [2.45, 2.75) is 46.0 Å². The molecule has 0 aromatic rings. The second kappa shape index (κ2) is 7.59. The standard InChI is InChI=1S/C11H20/c1-4-6-7-8-10-11(3)9-5-2/h7-8H,3-6,9-10H2,1-2H3/b8-7-. The Hall–Kier alpha value is -0.520. The first-order valence-electron chi connectivity index (χ1n) is 4.62. The molecule has 0 atom stereocenters. The van der Waals surface area contributed by atoms with Crippen LogP contribution in [-0.4, -0.2) is 0 Å². The molecule has 64 valence electrons. The highest BCUT2D eigenvalue weighted by Crippen LogP contribution is 2.07. The normalized spacial score (nSPS) is 10.7. The van der Waals surface area contributed by atoms with E-state index in [4.69, 9.17) is 0 Å². The zero-order valence-corrected chi connectivity index (χ0v) is 7.90. The molecule has 0 nitrogen and oxygen atoms in total. The van der Waals surface area contributed by atoms with Gasteiger partial charge in [-0.15, -0.1) is 0 Å². The Labute approximate surface area is 71.0 Å². The zero-order chi connectivity index (χ0) is 8.53. The van der Waals surface area contributed by atoms with E-state index in [1.807, 2.05) is 0 Å². The van der Waals surface area contributed by atoms with Crippen LogP contribution in [0.3, 0.4) is 0 Å². The molecule has 0 aliphatic heterocycles.